The van der Waals surface area contributed by atoms with E-state index in [2.05, 4.69) is 26.3 Å². The molecule has 6 heteroatoms. The summed E-state index contributed by atoms with van der Waals surface area (Å²) in [6.45, 7) is 6.30. The first-order valence-corrected chi connectivity index (χ1v) is 10.6. The van der Waals surface area contributed by atoms with Crippen LogP contribution in [0.3, 0.4) is 0 Å². The number of methoxy groups -OCH3 is 1. The Labute approximate surface area is 177 Å². The fourth-order valence-electron chi connectivity index (χ4n) is 3.97. The van der Waals surface area contributed by atoms with Crippen LogP contribution in [0.2, 0.25) is 0 Å². The number of likely N-dealkylation sites (tertiary alicyclic amines) is 1. The maximum absolute atomic E-state index is 11.9. The van der Waals surface area contributed by atoms with E-state index in [9.17, 15) is 4.79 Å². The summed E-state index contributed by atoms with van der Waals surface area (Å²) in [6.07, 6.45) is 5.81. The highest BCUT2D eigenvalue weighted by Crippen LogP contribution is 2.28. The van der Waals surface area contributed by atoms with Gasteiger partial charge in [-0.1, -0.05) is 18.6 Å². The first kappa shape index (κ1) is 20.3. The maximum Gasteiger partial charge on any atom is 0.337 e. The number of nitrogens with zero attached hydrogens (tertiary/aromatic N) is 3. The van der Waals surface area contributed by atoms with Crippen LogP contribution in [0.25, 0.3) is 22.0 Å². The number of carbonyl (C=O) groups excluding carboxylic acids is 1. The van der Waals surface area contributed by atoms with Gasteiger partial charge in [0, 0.05) is 24.7 Å². The first-order valence-electron chi connectivity index (χ1n) is 10.6. The molecule has 0 unspecified atom stereocenters. The van der Waals surface area contributed by atoms with Crippen molar-refractivity contribution >= 4 is 22.8 Å². The van der Waals surface area contributed by atoms with Gasteiger partial charge in [-0.15, -0.1) is 0 Å². The molecule has 156 valence electrons. The van der Waals surface area contributed by atoms with Gasteiger partial charge in [0.2, 0.25) is 5.95 Å². The molecule has 2 heterocycles. The number of nitrogens with one attached hydrogen (secondary N) is 1. The summed E-state index contributed by atoms with van der Waals surface area (Å²) in [6, 6.07) is 11.7. The van der Waals surface area contributed by atoms with Gasteiger partial charge < -0.3 is 15.0 Å². The predicted molar refractivity (Wildman–Crippen MR) is 120 cm³/mol. The van der Waals surface area contributed by atoms with Gasteiger partial charge in [0.1, 0.15) is 0 Å². The van der Waals surface area contributed by atoms with E-state index in [1.54, 1.807) is 6.07 Å². The molecule has 30 heavy (non-hydrogen) atoms. The topological polar surface area (TPSA) is 67.3 Å². The summed E-state index contributed by atoms with van der Waals surface area (Å²) >= 11 is 0. The lowest BCUT2D eigenvalue weighted by molar-refractivity contribution is 0.0601. The van der Waals surface area contributed by atoms with Crippen LogP contribution in [0.5, 0.6) is 0 Å². The Balaban J connectivity index is 1.50. The van der Waals surface area contributed by atoms with E-state index in [0.29, 0.717) is 11.5 Å². The molecular formula is C24H28N4O2. The van der Waals surface area contributed by atoms with E-state index < -0.39 is 0 Å². The molecule has 2 aromatic carbocycles. The molecule has 0 amide bonds. The van der Waals surface area contributed by atoms with Crippen molar-refractivity contribution in [1.29, 1.82) is 0 Å². The molecule has 4 rings (SSSR count). The molecule has 1 saturated heterocycles. The molecular weight excluding hydrogens is 376 g/mol. The monoisotopic (exact) mass is 404 g/mol. The van der Waals surface area contributed by atoms with Gasteiger partial charge in [0.05, 0.1) is 18.2 Å². The fraction of sp³-hybridized carbons (Fsp3) is 0.375. The van der Waals surface area contributed by atoms with Crippen molar-refractivity contribution in [2.45, 2.75) is 26.2 Å². The maximum atomic E-state index is 11.9. The number of esters is 1. The molecule has 3 aromatic rings. The molecule has 1 N–H and O–H groups in total. The van der Waals surface area contributed by atoms with Crippen molar-refractivity contribution in [3.05, 3.63) is 53.7 Å². The van der Waals surface area contributed by atoms with Gasteiger partial charge in [-0.2, -0.15) is 0 Å². The molecule has 1 aromatic heterocycles. The zero-order valence-electron chi connectivity index (χ0n) is 17.6. The summed E-state index contributed by atoms with van der Waals surface area (Å²) in [5, 5.41) is 4.32. The lowest BCUT2D eigenvalue weighted by Crippen LogP contribution is -2.33. The third-order valence-corrected chi connectivity index (χ3v) is 5.71. The van der Waals surface area contributed by atoms with Crippen LogP contribution in [0, 0.1) is 6.92 Å². The molecule has 1 aliphatic heterocycles. The number of carbonyl (C=O) groups is 1. The first-order chi connectivity index (χ1) is 14.6. The van der Waals surface area contributed by atoms with Gasteiger partial charge in [0.25, 0.3) is 0 Å². The number of hydrogen-bond donors (Lipinski definition) is 1. The molecule has 0 radical (unpaired) electrons. The molecule has 0 aliphatic carbocycles. The lowest BCUT2D eigenvalue weighted by Gasteiger charge is -2.26. The number of piperidine rings is 1. The number of anilines is 1. The average Bonchev–Trinajstić information content (AvgIpc) is 2.79. The average molecular weight is 405 g/mol. The number of rotatable bonds is 6. The van der Waals surface area contributed by atoms with Crippen molar-refractivity contribution in [2.24, 2.45) is 0 Å². The minimum atomic E-state index is -0.333. The number of ether oxygens (including phenoxy) is 1. The quantitative estimate of drug-likeness (QED) is 0.618. The van der Waals surface area contributed by atoms with Crippen LogP contribution >= 0.6 is 0 Å². The normalized spacial score (nSPS) is 14.6. The van der Waals surface area contributed by atoms with E-state index >= 15 is 0 Å². The second-order valence-corrected chi connectivity index (χ2v) is 7.82. The summed E-state index contributed by atoms with van der Waals surface area (Å²) in [5.41, 5.74) is 4.57. The Hall–Kier alpha value is -2.99. The Bertz CT molecular complexity index is 1040. The van der Waals surface area contributed by atoms with Gasteiger partial charge in [-0.05, 0) is 73.8 Å². The second-order valence-electron chi connectivity index (χ2n) is 7.82. The smallest absolute Gasteiger partial charge is 0.337 e. The Morgan fingerprint density at radius 2 is 1.97 bits per heavy atom. The SMILES string of the molecule is COC(=O)c1ccc(C)c(-c2ccc3nc(NCCN4CCCCC4)ncc3c2)c1. The third-order valence-electron chi connectivity index (χ3n) is 5.71. The Morgan fingerprint density at radius 1 is 1.13 bits per heavy atom. The molecule has 0 spiro atoms. The molecule has 0 atom stereocenters. The Kier molecular flexibility index (Phi) is 6.23. The van der Waals surface area contributed by atoms with E-state index in [1.165, 1.54) is 39.5 Å². The zero-order valence-corrected chi connectivity index (χ0v) is 17.6. The Morgan fingerprint density at radius 3 is 2.77 bits per heavy atom. The van der Waals surface area contributed by atoms with Crippen LogP contribution in [0.4, 0.5) is 5.95 Å². The molecule has 0 saturated carbocycles. The zero-order chi connectivity index (χ0) is 20.9. The van der Waals surface area contributed by atoms with Gasteiger partial charge in [-0.25, -0.2) is 14.8 Å². The van der Waals surface area contributed by atoms with Crippen LogP contribution < -0.4 is 5.32 Å². The fourth-order valence-corrected chi connectivity index (χ4v) is 3.97. The van der Waals surface area contributed by atoms with Gasteiger partial charge in [-0.3, -0.25) is 0 Å². The minimum absolute atomic E-state index is 0.333. The van der Waals surface area contributed by atoms with Crippen molar-refractivity contribution < 1.29 is 9.53 Å². The van der Waals surface area contributed by atoms with Crippen molar-refractivity contribution in [1.82, 2.24) is 14.9 Å². The molecule has 6 nitrogen and oxygen atoms in total. The standard InChI is InChI=1S/C24H28N4O2/c1-17-6-7-19(23(29)30-2)15-21(17)18-8-9-22-20(14-18)16-26-24(27-22)25-10-13-28-11-4-3-5-12-28/h6-9,14-16H,3-5,10-13H2,1-2H3,(H,25,26,27). The van der Waals surface area contributed by atoms with E-state index in [4.69, 9.17) is 4.74 Å². The number of hydrogen-bond acceptors (Lipinski definition) is 6. The van der Waals surface area contributed by atoms with Gasteiger partial charge in [0.15, 0.2) is 0 Å². The van der Waals surface area contributed by atoms with Crippen LogP contribution in [0.1, 0.15) is 35.2 Å². The summed E-state index contributed by atoms with van der Waals surface area (Å²) in [5.74, 6) is 0.330. The van der Waals surface area contributed by atoms with Crippen LogP contribution in [-0.2, 0) is 4.74 Å². The molecule has 1 aliphatic rings. The van der Waals surface area contributed by atoms with Crippen molar-refractivity contribution in [3.63, 3.8) is 0 Å². The summed E-state index contributed by atoms with van der Waals surface area (Å²) in [7, 11) is 1.40. The number of benzene rings is 2. The number of aromatic nitrogens is 2. The molecule has 1 fully saturated rings. The second kappa shape index (κ2) is 9.22. The third kappa shape index (κ3) is 4.60. The predicted octanol–water partition coefficient (Wildman–Crippen LogP) is 4.29. The number of fused-ring (bicyclic) bond motifs is 1. The minimum Gasteiger partial charge on any atom is -0.465 e. The number of aryl methyl sites for hydroxylation is 1. The summed E-state index contributed by atoms with van der Waals surface area (Å²) in [4.78, 5) is 23.5. The highest BCUT2D eigenvalue weighted by Gasteiger charge is 2.11. The van der Waals surface area contributed by atoms with Crippen LogP contribution in [-0.4, -0.2) is 54.1 Å². The van der Waals surface area contributed by atoms with E-state index in [-0.39, 0.29) is 5.97 Å². The van der Waals surface area contributed by atoms with Crippen molar-refractivity contribution in [2.75, 3.05) is 38.6 Å². The summed E-state index contributed by atoms with van der Waals surface area (Å²) < 4.78 is 4.85. The van der Waals surface area contributed by atoms with E-state index in [0.717, 1.165) is 40.7 Å². The lowest BCUT2D eigenvalue weighted by atomic mass is 9.97. The highest BCUT2D eigenvalue weighted by atomic mass is 16.5. The van der Waals surface area contributed by atoms with Gasteiger partial charge >= 0.3 is 5.97 Å². The van der Waals surface area contributed by atoms with Crippen molar-refractivity contribution in [3.8, 4) is 11.1 Å². The molecule has 0 bridgehead atoms. The van der Waals surface area contributed by atoms with Crippen LogP contribution in [0.15, 0.2) is 42.6 Å². The highest BCUT2D eigenvalue weighted by molar-refractivity contribution is 5.92. The van der Waals surface area contributed by atoms with E-state index in [1.807, 2.05) is 37.4 Å². The largest absolute Gasteiger partial charge is 0.465 e.